The van der Waals surface area contributed by atoms with Gasteiger partial charge in [0.25, 0.3) is 0 Å². The minimum atomic E-state index is -0.357. The number of thioether (sulfide) groups is 1. The van der Waals surface area contributed by atoms with Crippen molar-refractivity contribution in [1.29, 1.82) is 0 Å². The summed E-state index contributed by atoms with van der Waals surface area (Å²) in [6, 6.07) is 4.58. The van der Waals surface area contributed by atoms with Crippen LogP contribution in [0.4, 0.5) is 0 Å². The van der Waals surface area contributed by atoms with Crippen LogP contribution >= 0.6 is 11.8 Å². The quantitative estimate of drug-likeness (QED) is 0.922. The van der Waals surface area contributed by atoms with E-state index in [2.05, 4.69) is 17.1 Å². The maximum atomic E-state index is 10.6. The van der Waals surface area contributed by atoms with E-state index in [9.17, 15) is 5.11 Å². The molecule has 104 valence electrons. The number of aryl methyl sites for hydroxylation is 2. The molecule has 1 aliphatic heterocycles. The second-order valence-corrected chi connectivity index (χ2v) is 7.01. The van der Waals surface area contributed by atoms with E-state index < -0.39 is 0 Å². The predicted octanol–water partition coefficient (Wildman–Crippen LogP) is 2.97. The Morgan fingerprint density at radius 3 is 2.80 bits per heavy atom. The van der Waals surface area contributed by atoms with Crippen LogP contribution in [0.1, 0.15) is 35.6 Å². The standard InChI is InChI=1S/C16H18N2OS/c19-16-13-7-11-3-1-2-4-12(11)8-14(13)20-15(16)9-18-6-5-17-10-18/h5-8,10,15-16,19H,1-4,9H2/t15-,16-/m0/s1. The molecule has 2 aromatic rings. The molecule has 0 unspecified atom stereocenters. The van der Waals surface area contributed by atoms with Crippen molar-refractivity contribution in [2.24, 2.45) is 0 Å². The Balaban J connectivity index is 1.63. The Morgan fingerprint density at radius 1 is 1.25 bits per heavy atom. The first-order valence-electron chi connectivity index (χ1n) is 7.27. The first-order valence-corrected chi connectivity index (χ1v) is 8.15. The molecule has 0 radical (unpaired) electrons. The highest BCUT2D eigenvalue weighted by atomic mass is 32.2. The van der Waals surface area contributed by atoms with Gasteiger partial charge in [0.15, 0.2) is 0 Å². The predicted molar refractivity (Wildman–Crippen MR) is 79.9 cm³/mol. The Bertz CT molecular complexity index is 624. The highest BCUT2D eigenvalue weighted by Crippen LogP contribution is 2.46. The van der Waals surface area contributed by atoms with Crippen molar-refractivity contribution in [3.8, 4) is 0 Å². The van der Waals surface area contributed by atoms with Gasteiger partial charge in [-0.2, -0.15) is 0 Å². The molecule has 1 N–H and O–H groups in total. The second-order valence-electron chi connectivity index (χ2n) is 5.73. The summed E-state index contributed by atoms with van der Waals surface area (Å²) in [6.07, 6.45) is 10.2. The molecule has 2 heterocycles. The van der Waals surface area contributed by atoms with Crippen molar-refractivity contribution in [3.05, 3.63) is 47.5 Å². The lowest BCUT2D eigenvalue weighted by Crippen LogP contribution is -2.16. The third-order valence-corrected chi connectivity index (χ3v) is 5.69. The maximum absolute atomic E-state index is 10.6. The number of hydrogen-bond donors (Lipinski definition) is 1. The molecule has 0 saturated carbocycles. The molecule has 4 rings (SSSR count). The minimum Gasteiger partial charge on any atom is -0.387 e. The fourth-order valence-electron chi connectivity index (χ4n) is 3.28. The Hall–Kier alpha value is -1.26. The van der Waals surface area contributed by atoms with Gasteiger partial charge >= 0.3 is 0 Å². The number of imidazole rings is 1. The lowest BCUT2D eigenvalue weighted by Gasteiger charge is -2.18. The van der Waals surface area contributed by atoms with Crippen molar-refractivity contribution in [3.63, 3.8) is 0 Å². The lowest BCUT2D eigenvalue weighted by atomic mass is 9.89. The molecule has 1 aliphatic carbocycles. The molecule has 0 saturated heterocycles. The number of hydrogen-bond acceptors (Lipinski definition) is 3. The van der Waals surface area contributed by atoms with E-state index in [0.29, 0.717) is 0 Å². The van der Waals surface area contributed by atoms with Crippen LogP contribution < -0.4 is 0 Å². The number of rotatable bonds is 2. The Morgan fingerprint density at radius 2 is 2.05 bits per heavy atom. The summed E-state index contributed by atoms with van der Waals surface area (Å²) < 4.78 is 2.05. The molecular weight excluding hydrogens is 268 g/mol. The van der Waals surface area contributed by atoms with Crippen LogP contribution in [0.15, 0.2) is 35.7 Å². The van der Waals surface area contributed by atoms with Gasteiger partial charge < -0.3 is 9.67 Å². The van der Waals surface area contributed by atoms with Crippen molar-refractivity contribution in [2.75, 3.05) is 0 Å². The summed E-state index contributed by atoms with van der Waals surface area (Å²) in [6.45, 7) is 0.811. The molecule has 0 spiro atoms. The SMILES string of the molecule is O[C@H]1c2cc3c(cc2S[C@H]1Cn1ccnc1)CCCC3. The number of benzene rings is 1. The summed E-state index contributed by atoms with van der Waals surface area (Å²) in [5.41, 5.74) is 4.09. The average Bonchev–Trinajstić information content (AvgIpc) is 3.07. The molecule has 0 fully saturated rings. The van der Waals surface area contributed by atoms with Crippen LogP contribution in [0, 0.1) is 0 Å². The normalized spacial score (nSPS) is 24.4. The van der Waals surface area contributed by atoms with E-state index in [4.69, 9.17) is 0 Å². The zero-order chi connectivity index (χ0) is 13.5. The Kier molecular flexibility index (Phi) is 3.08. The molecule has 0 bridgehead atoms. The third kappa shape index (κ3) is 2.07. The monoisotopic (exact) mass is 286 g/mol. The van der Waals surface area contributed by atoms with Crippen LogP contribution in [0.25, 0.3) is 0 Å². The fourth-order valence-corrected chi connectivity index (χ4v) is 4.66. The molecule has 1 aromatic carbocycles. The topological polar surface area (TPSA) is 38.0 Å². The second kappa shape index (κ2) is 4.93. The van der Waals surface area contributed by atoms with Gasteiger partial charge in [-0.05, 0) is 48.4 Å². The van der Waals surface area contributed by atoms with Crippen LogP contribution in [-0.4, -0.2) is 19.9 Å². The van der Waals surface area contributed by atoms with Crippen LogP contribution in [0.3, 0.4) is 0 Å². The van der Waals surface area contributed by atoms with Gasteiger partial charge in [-0.15, -0.1) is 11.8 Å². The number of aliphatic hydroxyl groups is 1. The molecule has 20 heavy (non-hydrogen) atoms. The summed E-state index contributed by atoms with van der Waals surface area (Å²) in [7, 11) is 0. The number of fused-ring (bicyclic) bond motifs is 2. The Labute approximate surface area is 123 Å². The van der Waals surface area contributed by atoms with Gasteiger partial charge in [0.2, 0.25) is 0 Å². The average molecular weight is 286 g/mol. The number of nitrogens with zero attached hydrogens (tertiary/aromatic N) is 2. The highest BCUT2D eigenvalue weighted by Gasteiger charge is 2.33. The molecule has 3 nitrogen and oxygen atoms in total. The summed E-state index contributed by atoms with van der Waals surface area (Å²) in [5, 5.41) is 10.8. The molecule has 4 heteroatoms. The largest absolute Gasteiger partial charge is 0.387 e. The van der Waals surface area contributed by atoms with Gasteiger partial charge in [-0.3, -0.25) is 0 Å². The van der Waals surface area contributed by atoms with Crippen LogP contribution in [-0.2, 0) is 19.4 Å². The third-order valence-electron chi connectivity index (χ3n) is 4.37. The summed E-state index contributed by atoms with van der Waals surface area (Å²) in [5.74, 6) is 0. The highest BCUT2D eigenvalue weighted by molar-refractivity contribution is 8.00. The van der Waals surface area contributed by atoms with E-state index in [1.165, 1.54) is 41.7 Å². The van der Waals surface area contributed by atoms with E-state index in [1.807, 2.05) is 28.9 Å². The van der Waals surface area contributed by atoms with E-state index in [1.54, 1.807) is 6.20 Å². The molecule has 1 aromatic heterocycles. The van der Waals surface area contributed by atoms with Gasteiger partial charge in [-0.25, -0.2) is 4.98 Å². The van der Waals surface area contributed by atoms with Crippen molar-refractivity contribution >= 4 is 11.8 Å². The maximum Gasteiger partial charge on any atom is 0.0946 e. The molecular formula is C16H18N2OS. The smallest absolute Gasteiger partial charge is 0.0946 e. The van der Waals surface area contributed by atoms with Crippen molar-refractivity contribution in [1.82, 2.24) is 9.55 Å². The minimum absolute atomic E-state index is 0.197. The summed E-state index contributed by atoms with van der Waals surface area (Å²) in [4.78, 5) is 5.35. The first kappa shape index (κ1) is 12.5. The van der Waals surface area contributed by atoms with Gasteiger partial charge in [0, 0.05) is 23.8 Å². The first-order chi connectivity index (χ1) is 9.81. The fraction of sp³-hybridized carbons (Fsp3) is 0.438. The zero-order valence-electron chi connectivity index (χ0n) is 11.3. The van der Waals surface area contributed by atoms with Crippen molar-refractivity contribution < 1.29 is 5.11 Å². The molecule has 0 amide bonds. The van der Waals surface area contributed by atoms with Crippen LogP contribution in [0.5, 0.6) is 0 Å². The van der Waals surface area contributed by atoms with E-state index >= 15 is 0 Å². The van der Waals surface area contributed by atoms with Gasteiger partial charge in [0.05, 0.1) is 17.7 Å². The molecule has 2 aliphatic rings. The number of aromatic nitrogens is 2. The van der Waals surface area contributed by atoms with Crippen LogP contribution in [0.2, 0.25) is 0 Å². The lowest BCUT2D eigenvalue weighted by molar-refractivity contribution is 0.170. The van der Waals surface area contributed by atoms with E-state index in [0.717, 1.165) is 12.1 Å². The zero-order valence-corrected chi connectivity index (χ0v) is 12.1. The van der Waals surface area contributed by atoms with Crippen molar-refractivity contribution in [2.45, 2.75) is 48.5 Å². The van der Waals surface area contributed by atoms with Gasteiger partial charge in [0.1, 0.15) is 0 Å². The van der Waals surface area contributed by atoms with E-state index in [-0.39, 0.29) is 11.4 Å². The number of aliphatic hydroxyl groups excluding tert-OH is 1. The molecule has 2 atom stereocenters. The van der Waals surface area contributed by atoms with Gasteiger partial charge in [-0.1, -0.05) is 6.07 Å². The summed E-state index contributed by atoms with van der Waals surface area (Å²) >= 11 is 1.82.